The molecule has 0 bridgehead atoms. The molecule has 1 heterocycles. The molecule has 4 nitrogen and oxygen atoms in total. The van der Waals surface area contributed by atoms with E-state index in [4.69, 9.17) is 0 Å². The normalized spacial score (nSPS) is 16.0. The second kappa shape index (κ2) is 6.83. The van der Waals surface area contributed by atoms with Crippen LogP contribution in [0.1, 0.15) is 38.3 Å². The van der Waals surface area contributed by atoms with Gasteiger partial charge >= 0.3 is 6.03 Å². The van der Waals surface area contributed by atoms with Crippen molar-refractivity contribution in [1.82, 2.24) is 10.2 Å². The van der Waals surface area contributed by atoms with E-state index < -0.39 is 17.7 Å². The maximum absolute atomic E-state index is 13.7. The molecule has 0 aliphatic carbocycles. The minimum absolute atomic E-state index is 0.201. The molecule has 0 saturated heterocycles. The lowest BCUT2D eigenvalue weighted by atomic mass is 9.87. The van der Waals surface area contributed by atoms with Gasteiger partial charge in [-0.2, -0.15) is 0 Å². The fraction of sp³-hybridized carbons (Fsp3) is 0.588. The van der Waals surface area contributed by atoms with E-state index in [9.17, 15) is 18.7 Å². The highest BCUT2D eigenvalue weighted by atomic mass is 19.1. The molecule has 0 fully saturated rings. The number of urea groups is 1. The lowest BCUT2D eigenvalue weighted by Crippen LogP contribution is -2.46. The molecule has 6 heteroatoms. The van der Waals surface area contributed by atoms with Gasteiger partial charge in [0.15, 0.2) is 0 Å². The van der Waals surface area contributed by atoms with Crippen molar-refractivity contribution in [2.45, 2.75) is 46.3 Å². The predicted molar refractivity (Wildman–Crippen MR) is 83.9 cm³/mol. The highest BCUT2D eigenvalue weighted by molar-refractivity contribution is 5.74. The van der Waals surface area contributed by atoms with E-state index in [1.807, 2.05) is 13.8 Å². The molecule has 2 amide bonds. The minimum atomic E-state index is -0.624. The van der Waals surface area contributed by atoms with E-state index in [1.165, 1.54) is 6.07 Å². The minimum Gasteiger partial charge on any atom is -0.393 e. The monoisotopic (exact) mass is 326 g/mol. The fourth-order valence-corrected chi connectivity index (χ4v) is 3.08. The number of carbonyl (C=O) groups is 1. The molecule has 1 aliphatic rings. The molecule has 0 spiro atoms. The third-order valence-electron chi connectivity index (χ3n) is 4.10. The number of hydrogen-bond acceptors (Lipinski definition) is 2. The molecule has 1 unspecified atom stereocenters. The van der Waals surface area contributed by atoms with Crippen LogP contribution in [0.25, 0.3) is 0 Å². The largest absolute Gasteiger partial charge is 0.393 e. The Morgan fingerprint density at radius 1 is 1.43 bits per heavy atom. The number of amides is 2. The van der Waals surface area contributed by atoms with Crippen LogP contribution >= 0.6 is 0 Å². The van der Waals surface area contributed by atoms with Crippen molar-refractivity contribution in [3.05, 3.63) is 34.9 Å². The van der Waals surface area contributed by atoms with E-state index in [1.54, 1.807) is 11.8 Å². The van der Waals surface area contributed by atoms with E-state index in [0.717, 1.165) is 6.07 Å². The molecule has 1 atom stereocenters. The number of rotatable bonds is 4. The summed E-state index contributed by atoms with van der Waals surface area (Å²) in [5, 5.41) is 12.3. The van der Waals surface area contributed by atoms with E-state index in [2.05, 4.69) is 5.32 Å². The summed E-state index contributed by atoms with van der Waals surface area (Å²) in [5.41, 5.74) is 0.785. The highest BCUT2D eigenvalue weighted by Gasteiger charge is 2.26. The van der Waals surface area contributed by atoms with Gasteiger partial charge in [0.1, 0.15) is 11.6 Å². The average Bonchev–Trinajstić information content (AvgIpc) is 2.42. The van der Waals surface area contributed by atoms with Gasteiger partial charge in [0, 0.05) is 25.7 Å². The Morgan fingerprint density at radius 2 is 2.13 bits per heavy atom. The summed E-state index contributed by atoms with van der Waals surface area (Å²) in [5.74, 6) is -1.17. The summed E-state index contributed by atoms with van der Waals surface area (Å²) < 4.78 is 27.0. The SMILES string of the molecule is CC(O)CC(C)(C)CNC(=O)N1CCc2c(F)cc(F)cc2C1. The number of halogens is 2. The smallest absolute Gasteiger partial charge is 0.317 e. The van der Waals surface area contributed by atoms with Crippen molar-refractivity contribution in [3.8, 4) is 0 Å². The van der Waals surface area contributed by atoms with Gasteiger partial charge in [-0.3, -0.25) is 0 Å². The van der Waals surface area contributed by atoms with Crippen molar-refractivity contribution < 1.29 is 18.7 Å². The Kier molecular flexibility index (Phi) is 5.24. The van der Waals surface area contributed by atoms with Crippen LogP contribution < -0.4 is 5.32 Å². The summed E-state index contributed by atoms with van der Waals surface area (Å²) in [6.07, 6.45) is 0.521. The van der Waals surface area contributed by atoms with Crippen LogP contribution in [0.2, 0.25) is 0 Å². The van der Waals surface area contributed by atoms with Crippen LogP contribution in [0.5, 0.6) is 0 Å². The molecule has 0 saturated carbocycles. The summed E-state index contributed by atoms with van der Waals surface area (Å²) in [4.78, 5) is 13.8. The molecule has 1 aliphatic heterocycles. The first-order valence-corrected chi connectivity index (χ1v) is 7.85. The van der Waals surface area contributed by atoms with Gasteiger partial charge in [-0.05, 0) is 42.4 Å². The van der Waals surface area contributed by atoms with Gasteiger partial charge in [-0.25, -0.2) is 13.6 Å². The summed E-state index contributed by atoms with van der Waals surface area (Å²) in [6, 6.07) is 1.92. The first-order chi connectivity index (χ1) is 10.7. The van der Waals surface area contributed by atoms with Crippen LogP contribution in [0.3, 0.4) is 0 Å². The van der Waals surface area contributed by atoms with Crippen LogP contribution in [0, 0.1) is 17.0 Å². The van der Waals surface area contributed by atoms with Crippen molar-refractivity contribution in [3.63, 3.8) is 0 Å². The number of nitrogens with zero attached hydrogens (tertiary/aromatic N) is 1. The molecule has 0 aromatic heterocycles. The predicted octanol–water partition coefficient (Wildman–Crippen LogP) is 2.83. The van der Waals surface area contributed by atoms with Crippen molar-refractivity contribution in [2.24, 2.45) is 5.41 Å². The lowest BCUT2D eigenvalue weighted by molar-refractivity contribution is 0.126. The number of fused-ring (bicyclic) bond motifs is 1. The molecule has 23 heavy (non-hydrogen) atoms. The summed E-state index contributed by atoms with van der Waals surface area (Å²) in [6.45, 7) is 6.68. The molecule has 1 aromatic carbocycles. The van der Waals surface area contributed by atoms with Crippen molar-refractivity contribution >= 4 is 6.03 Å². The topological polar surface area (TPSA) is 52.6 Å². The Hall–Kier alpha value is -1.69. The molecule has 1 aromatic rings. The van der Waals surface area contributed by atoms with Gasteiger partial charge < -0.3 is 15.3 Å². The molecule has 0 radical (unpaired) electrons. The average molecular weight is 326 g/mol. The fourth-order valence-electron chi connectivity index (χ4n) is 3.08. The Morgan fingerprint density at radius 3 is 2.78 bits per heavy atom. The van der Waals surface area contributed by atoms with E-state index in [-0.39, 0.29) is 18.0 Å². The van der Waals surface area contributed by atoms with Gasteiger partial charge in [0.25, 0.3) is 0 Å². The first-order valence-electron chi connectivity index (χ1n) is 7.85. The first kappa shape index (κ1) is 17.7. The third kappa shape index (κ3) is 4.64. The zero-order chi connectivity index (χ0) is 17.2. The summed E-state index contributed by atoms with van der Waals surface area (Å²) >= 11 is 0. The molecule has 128 valence electrons. The van der Waals surface area contributed by atoms with Gasteiger partial charge in [-0.1, -0.05) is 13.8 Å². The van der Waals surface area contributed by atoms with Gasteiger partial charge in [0.05, 0.1) is 6.10 Å². The van der Waals surface area contributed by atoms with Crippen molar-refractivity contribution in [1.29, 1.82) is 0 Å². The standard InChI is InChI=1S/C17H24F2N2O2/c1-11(22)8-17(2,3)10-20-16(23)21-5-4-14-12(9-21)6-13(18)7-15(14)19/h6-7,11,22H,4-5,8-10H2,1-3H3,(H,20,23). The van der Waals surface area contributed by atoms with Crippen LogP contribution in [0.15, 0.2) is 12.1 Å². The Balaban J connectivity index is 1.97. The second-order valence-corrected chi connectivity index (χ2v) is 7.07. The number of aliphatic hydroxyl groups is 1. The Bertz CT molecular complexity index is 588. The zero-order valence-electron chi connectivity index (χ0n) is 13.8. The number of benzene rings is 1. The molecular weight excluding hydrogens is 302 g/mol. The van der Waals surface area contributed by atoms with Crippen LogP contribution in [-0.4, -0.2) is 35.2 Å². The van der Waals surface area contributed by atoms with E-state index >= 15 is 0 Å². The van der Waals surface area contributed by atoms with Gasteiger partial charge in [0.2, 0.25) is 0 Å². The number of aliphatic hydroxyl groups excluding tert-OH is 1. The number of hydrogen-bond donors (Lipinski definition) is 2. The maximum atomic E-state index is 13.7. The van der Waals surface area contributed by atoms with Crippen LogP contribution in [-0.2, 0) is 13.0 Å². The maximum Gasteiger partial charge on any atom is 0.317 e. The molecule has 2 N–H and O–H groups in total. The van der Waals surface area contributed by atoms with Crippen LogP contribution in [0.4, 0.5) is 13.6 Å². The second-order valence-electron chi connectivity index (χ2n) is 7.07. The van der Waals surface area contributed by atoms with Crippen molar-refractivity contribution in [2.75, 3.05) is 13.1 Å². The highest BCUT2D eigenvalue weighted by Crippen LogP contribution is 2.24. The Labute approximate surface area is 135 Å². The third-order valence-corrected chi connectivity index (χ3v) is 4.10. The summed E-state index contributed by atoms with van der Waals surface area (Å²) in [7, 11) is 0. The number of nitrogens with one attached hydrogen (secondary N) is 1. The molecule has 2 rings (SSSR count). The lowest BCUT2D eigenvalue weighted by Gasteiger charge is -2.32. The number of carbonyl (C=O) groups excluding carboxylic acids is 1. The molecular formula is C17H24F2N2O2. The van der Waals surface area contributed by atoms with Gasteiger partial charge in [-0.15, -0.1) is 0 Å². The quantitative estimate of drug-likeness (QED) is 0.894. The van der Waals surface area contributed by atoms with E-state index in [0.29, 0.717) is 37.1 Å². The zero-order valence-corrected chi connectivity index (χ0v) is 13.8.